The predicted molar refractivity (Wildman–Crippen MR) is 261 cm³/mol. The van der Waals surface area contributed by atoms with E-state index in [0.29, 0.717) is 0 Å². The molecular formula is C56H49N3S. The van der Waals surface area contributed by atoms with Crippen molar-refractivity contribution in [3.05, 3.63) is 207 Å². The number of benzene rings is 5. The maximum atomic E-state index is 5.41. The first kappa shape index (κ1) is 38.9. The molecule has 0 saturated heterocycles. The molecule has 2 aliphatic rings. The molecule has 4 heteroatoms. The van der Waals surface area contributed by atoms with Gasteiger partial charge in [-0.2, -0.15) is 0 Å². The van der Waals surface area contributed by atoms with Crippen LogP contribution < -0.4 is 4.90 Å². The van der Waals surface area contributed by atoms with Gasteiger partial charge in [0.15, 0.2) is 0 Å². The lowest BCUT2D eigenvalue weighted by molar-refractivity contribution is 0.954. The monoisotopic (exact) mass is 795 g/mol. The van der Waals surface area contributed by atoms with Crippen molar-refractivity contribution in [3.63, 3.8) is 0 Å². The third-order valence-electron chi connectivity index (χ3n) is 11.4. The summed E-state index contributed by atoms with van der Waals surface area (Å²) in [6.07, 6.45) is 30.9. The molecule has 3 nitrogen and oxygen atoms in total. The Bertz CT molecular complexity index is 2970. The van der Waals surface area contributed by atoms with Gasteiger partial charge >= 0.3 is 0 Å². The molecule has 0 radical (unpaired) electrons. The number of pyridine rings is 1. The summed E-state index contributed by atoms with van der Waals surface area (Å²) >= 11 is 1.86. The zero-order valence-corrected chi connectivity index (χ0v) is 35.0. The van der Waals surface area contributed by atoms with Crippen molar-refractivity contribution in [1.82, 2.24) is 9.55 Å². The van der Waals surface area contributed by atoms with Crippen LogP contribution in [0.25, 0.3) is 60.7 Å². The van der Waals surface area contributed by atoms with Gasteiger partial charge in [0.25, 0.3) is 0 Å². The molecule has 0 amide bonds. The lowest BCUT2D eigenvalue weighted by Gasteiger charge is -2.32. The number of para-hydroxylation sites is 1. The van der Waals surface area contributed by atoms with Crippen LogP contribution in [0.15, 0.2) is 205 Å². The van der Waals surface area contributed by atoms with Crippen molar-refractivity contribution in [3.8, 4) is 16.9 Å². The van der Waals surface area contributed by atoms with Gasteiger partial charge in [0.05, 0.1) is 28.1 Å². The number of unbranched alkanes of at least 4 members (excludes halogenated alkanes) is 1. The van der Waals surface area contributed by atoms with Gasteiger partial charge in [-0.3, -0.25) is 4.57 Å². The summed E-state index contributed by atoms with van der Waals surface area (Å²) < 4.78 is 2.35. The molecule has 9 rings (SSSR count). The van der Waals surface area contributed by atoms with Crippen molar-refractivity contribution >= 4 is 66.9 Å². The Hall–Kier alpha value is -6.62. The first-order valence-corrected chi connectivity index (χ1v) is 21.9. The minimum Gasteiger partial charge on any atom is -0.336 e. The van der Waals surface area contributed by atoms with E-state index in [1.54, 1.807) is 0 Å². The highest BCUT2D eigenvalue weighted by atomic mass is 32.2. The highest BCUT2D eigenvalue weighted by molar-refractivity contribution is 7.99. The summed E-state index contributed by atoms with van der Waals surface area (Å²) in [6, 6.07) is 40.4. The first-order valence-electron chi connectivity index (χ1n) is 21.1. The van der Waals surface area contributed by atoms with Crippen molar-refractivity contribution in [2.75, 3.05) is 11.4 Å². The molecular weight excluding hydrogens is 747 g/mol. The molecule has 2 aromatic heterocycles. The molecule has 294 valence electrons. The van der Waals surface area contributed by atoms with Crippen molar-refractivity contribution < 1.29 is 0 Å². The largest absolute Gasteiger partial charge is 0.336 e. The van der Waals surface area contributed by atoms with E-state index >= 15 is 0 Å². The molecule has 3 heterocycles. The standard InChI is InChI=1S/C56H49N3S/c1-4-7-9-10-11-14-21-35-58-50-27-19-20-28-53(50)60-54-34-31-44(38-52(54)58)43-30-32-49-47(36-43)56-46-26-18-17-25-42(46)29-33-51(56)59(49)55-39-45(41-23-15-12-13-16-24-41)37-48(57-55)40(6-3)22-8-5-2/h5-6,9-10,12-15,17-34,36-39H,2-4,7-8,11,16,35H2,1H3/b10-9-,21-14-,40-22+. The average molecular weight is 796 g/mol. The van der Waals surface area contributed by atoms with Crippen LogP contribution in [0.2, 0.25) is 0 Å². The average Bonchev–Trinajstić information content (AvgIpc) is 3.39. The summed E-state index contributed by atoms with van der Waals surface area (Å²) in [5.41, 5.74) is 11.3. The number of allylic oxidation sites excluding steroid dienone is 13. The topological polar surface area (TPSA) is 21.1 Å². The smallest absolute Gasteiger partial charge is 0.138 e. The van der Waals surface area contributed by atoms with Gasteiger partial charge in [-0.25, -0.2) is 4.98 Å². The van der Waals surface area contributed by atoms with E-state index in [4.69, 9.17) is 4.98 Å². The molecule has 0 spiro atoms. The predicted octanol–water partition coefficient (Wildman–Crippen LogP) is 15.9. The van der Waals surface area contributed by atoms with Crippen molar-refractivity contribution in [1.29, 1.82) is 0 Å². The second kappa shape index (κ2) is 17.7. The van der Waals surface area contributed by atoms with Crippen LogP contribution in [-0.2, 0) is 0 Å². The summed E-state index contributed by atoms with van der Waals surface area (Å²) in [4.78, 5) is 10.4. The number of hydrogen-bond acceptors (Lipinski definition) is 3. The zero-order valence-electron chi connectivity index (χ0n) is 34.2. The number of nitrogens with zero attached hydrogens (tertiary/aromatic N) is 3. The van der Waals surface area contributed by atoms with Gasteiger partial charge in [-0.1, -0.05) is 159 Å². The Kier molecular flexibility index (Phi) is 11.5. The Morgan fingerprint density at radius 2 is 1.55 bits per heavy atom. The molecule has 5 aromatic carbocycles. The van der Waals surface area contributed by atoms with E-state index < -0.39 is 0 Å². The van der Waals surface area contributed by atoms with Crippen LogP contribution in [0.3, 0.4) is 0 Å². The van der Waals surface area contributed by atoms with E-state index in [-0.39, 0.29) is 0 Å². The molecule has 60 heavy (non-hydrogen) atoms. The summed E-state index contributed by atoms with van der Waals surface area (Å²) in [7, 11) is 0. The number of anilines is 2. The van der Waals surface area contributed by atoms with Gasteiger partial charge in [-0.05, 0) is 119 Å². The van der Waals surface area contributed by atoms with Gasteiger partial charge < -0.3 is 4.90 Å². The minimum atomic E-state index is 0.734. The SMILES string of the molecule is C=CC/C=C(\C=C)c1cc(C2=CCC=CC=C2)cc(-n2c3ccc(-c4ccc5c(c4)N(C/C=C\C/C=C\CCC)c4ccccc4S5)cc3c3c4ccccc4ccc32)n1. The second-order valence-electron chi connectivity index (χ2n) is 15.2. The van der Waals surface area contributed by atoms with Crippen LogP contribution >= 0.6 is 11.8 Å². The Morgan fingerprint density at radius 1 is 0.733 bits per heavy atom. The fourth-order valence-corrected chi connectivity index (χ4v) is 9.48. The first-order chi connectivity index (χ1) is 29.6. The normalized spacial score (nSPS) is 14.0. The van der Waals surface area contributed by atoms with Crippen molar-refractivity contribution in [2.45, 2.75) is 48.8 Å². The lowest BCUT2D eigenvalue weighted by atomic mass is 9.99. The van der Waals surface area contributed by atoms with E-state index in [1.165, 1.54) is 65.8 Å². The van der Waals surface area contributed by atoms with Crippen LogP contribution in [-0.4, -0.2) is 16.1 Å². The van der Waals surface area contributed by atoms with Crippen LogP contribution in [0.4, 0.5) is 11.4 Å². The summed E-state index contributed by atoms with van der Waals surface area (Å²) in [6.45, 7) is 11.2. The van der Waals surface area contributed by atoms with Gasteiger partial charge in [0.1, 0.15) is 5.82 Å². The third kappa shape index (κ3) is 7.67. The number of rotatable bonds is 13. The molecule has 0 atom stereocenters. The molecule has 0 saturated carbocycles. The van der Waals surface area contributed by atoms with E-state index in [0.717, 1.165) is 65.9 Å². The van der Waals surface area contributed by atoms with E-state index in [2.05, 4.69) is 200 Å². The second-order valence-corrected chi connectivity index (χ2v) is 16.3. The van der Waals surface area contributed by atoms with Crippen LogP contribution in [0, 0.1) is 0 Å². The zero-order chi connectivity index (χ0) is 40.8. The quantitative estimate of drug-likeness (QED) is 0.0857. The Labute approximate surface area is 358 Å². The van der Waals surface area contributed by atoms with Gasteiger partial charge in [-0.15, -0.1) is 6.58 Å². The van der Waals surface area contributed by atoms with Gasteiger partial charge in [0.2, 0.25) is 0 Å². The Morgan fingerprint density at radius 3 is 2.45 bits per heavy atom. The molecule has 0 fully saturated rings. The molecule has 7 aromatic rings. The number of fused-ring (bicyclic) bond motifs is 7. The number of hydrogen-bond donors (Lipinski definition) is 0. The van der Waals surface area contributed by atoms with E-state index in [1.807, 2.05) is 23.9 Å². The fourth-order valence-electron chi connectivity index (χ4n) is 8.40. The maximum absolute atomic E-state index is 5.41. The fraction of sp³-hybridized carbons (Fsp3) is 0.125. The summed E-state index contributed by atoms with van der Waals surface area (Å²) in [5, 5.41) is 4.87. The minimum absolute atomic E-state index is 0.734. The highest BCUT2D eigenvalue weighted by Crippen LogP contribution is 2.49. The van der Waals surface area contributed by atoms with Crippen LogP contribution in [0.5, 0.6) is 0 Å². The van der Waals surface area contributed by atoms with Crippen LogP contribution in [0.1, 0.15) is 50.3 Å². The van der Waals surface area contributed by atoms with Gasteiger partial charge in [0, 0.05) is 27.1 Å². The third-order valence-corrected chi connectivity index (χ3v) is 12.5. The van der Waals surface area contributed by atoms with Crippen molar-refractivity contribution in [2.24, 2.45) is 0 Å². The summed E-state index contributed by atoms with van der Waals surface area (Å²) in [5.74, 6) is 0.873. The Balaban J connectivity index is 1.20. The molecule has 0 unspecified atom stereocenters. The highest BCUT2D eigenvalue weighted by Gasteiger charge is 2.24. The molecule has 0 bridgehead atoms. The lowest BCUT2D eigenvalue weighted by Crippen LogP contribution is -2.20. The maximum Gasteiger partial charge on any atom is 0.138 e. The number of aromatic nitrogens is 2. The molecule has 1 aliphatic carbocycles. The molecule has 1 aliphatic heterocycles. The van der Waals surface area contributed by atoms with E-state index in [9.17, 15) is 0 Å². The molecule has 0 N–H and O–H groups in total.